The Balaban J connectivity index is 1.46. The van der Waals surface area contributed by atoms with Gasteiger partial charge >= 0.3 is 6.09 Å². The smallest absolute Gasteiger partial charge is 0.410 e. The van der Waals surface area contributed by atoms with Crippen molar-refractivity contribution < 1.29 is 13.9 Å². The largest absolute Gasteiger partial charge is 0.444 e. The zero-order chi connectivity index (χ0) is 24.5. The van der Waals surface area contributed by atoms with Crippen molar-refractivity contribution in [2.24, 2.45) is 5.92 Å². The average Bonchev–Trinajstić information content (AvgIpc) is 3.28. The van der Waals surface area contributed by atoms with Gasteiger partial charge in [-0.05, 0) is 41.3 Å². The molecule has 0 radical (unpaired) electrons. The van der Waals surface area contributed by atoms with E-state index >= 15 is 0 Å². The van der Waals surface area contributed by atoms with Crippen LogP contribution < -0.4 is 16.0 Å². The third-order valence-electron chi connectivity index (χ3n) is 7.08. The predicted octanol–water partition coefficient (Wildman–Crippen LogP) is 3.17. The first-order valence-electron chi connectivity index (χ1n) is 11.6. The fourth-order valence-electron chi connectivity index (χ4n) is 5.05. The highest BCUT2D eigenvalue weighted by atomic mass is 35.5. The molecule has 2 aromatic heterocycles. The number of nitrogen functional groups attached to an aromatic ring is 1. The second-order valence-corrected chi connectivity index (χ2v) is 11.1. The van der Waals surface area contributed by atoms with Crippen LogP contribution in [0.3, 0.4) is 0 Å². The van der Waals surface area contributed by atoms with Crippen molar-refractivity contribution in [3.63, 3.8) is 0 Å². The molecule has 2 bridgehead atoms. The third-order valence-corrected chi connectivity index (χ3v) is 7.34. The average molecular weight is 492 g/mol. The number of ether oxygens (including phenoxy) is 1. The molecule has 3 saturated heterocycles. The van der Waals surface area contributed by atoms with Crippen molar-refractivity contribution >= 4 is 45.8 Å². The number of aromatic nitrogens is 2. The number of pyridine rings is 2. The van der Waals surface area contributed by atoms with Gasteiger partial charge in [-0.3, -0.25) is 0 Å². The third kappa shape index (κ3) is 3.76. The molecule has 4 aliphatic rings. The summed E-state index contributed by atoms with van der Waals surface area (Å²) >= 11 is 5.98. The number of amides is 1. The highest BCUT2D eigenvalue weighted by molar-refractivity contribution is 6.30. The minimum Gasteiger partial charge on any atom is -0.444 e. The fourth-order valence-corrected chi connectivity index (χ4v) is 5.19. The summed E-state index contributed by atoms with van der Waals surface area (Å²) in [5.74, 6) is 0.126. The molecule has 0 aromatic carbocycles. The van der Waals surface area contributed by atoms with Gasteiger partial charge in [-0.15, -0.1) is 0 Å². The molecule has 1 saturated carbocycles. The first-order chi connectivity index (χ1) is 15.9. The molecule has 2 aromatic rings. The Hall–Kier alpha value is -2.59. The predicted molar refractivity (Wildman–Crippen MR) is 131 cm³/mol. The van der Waals surface area contributed by atoms with Gasteiger partial charge < -0.3 is 30.5 Å². The molecule has 9 nitrogen and oxygen atoms in total. The number of nitrogens with one attached hydrogen (secondary N) is 1. The number of carbonyl (C=O) groups excluding carboxylic acids is 1. The molecule has 3 aliphatic heterocycles. The number of hydrogen-bond acceptors (Lipinski definition) is 8. The molecule has 34 heavy (non-hydrogen) atoms. The first-order valence-corrected chi connectivity index (χ1v) is 11.9. The molecule has 1 amide bonds. The number of fused-ring (bicyclic) bond motifs is 2. The van der Waals surface area contributed by atoms with Gasteiger partial charge in [-0.1, -0.05) is 11.6 Å². The molecule has 11 heteroatoms. The van der Waals surface area contributed by atoms with Gasteiger partial charge in [-0.25, -0.2) is 19.2 Å². The number of anilines is 3. The molecular weight excluding hydrogens is 461 g/mol. The second kappa shape index (κ2) is 7.98. The minimum atomic E-state index is -0.667. The van der Waals surface area contributed by atoms with Crippen LogP contribution in [0.4, 0.5) is 26.4 Å². The van der Waals surface area contributed by atoms with E-state index in [1.807, 2.05) is 39.8 Å². The molecule has 1 aliphatic carbocycles. The van der Waals surface area contributed by atoms with E-state index in [1.54, 1.807) is 4.90 Å². The summed E-state index contributed by atoms with van der Waals surface area (Å²) in [6.45, 7) is 7.68. The summed E-state index contributed by atoms with van der Waals surface area (Å²) in [7, 11) is 4.06. The van der Waals surface area contributed by atoms with Crippen molar-refractivity contribution in [3.8, 4) is 0 Å². The lowest BCUT2D eigenvalue weighted by Crippen LogP contribution is -2.58. The highest BCUT2D eigenvalue weighted by Crippen LogP contribution is 2.46. The molecule has 5 heterocycles. The van der Waals surface area contributed by atoms with E-state index in [2.05, 4.69) is 20.2 Å². The van der Waals surface area contributed by atoms with Crippen molar-refractivity contribution in [1.82, 2.24) is 19.8 Å². The Kier molecular flexibility index (Phi) is 5.44. The Labute approximate surface area is 203 Å². The van der Waals surface area contributed by atoms with Gasteiger partial charge in [0.05, 0.1) is 23.5 Å². The van der Waals surface area contributed by atoms with E-state index in [-0.39, 0.29) is 34.8 Å². The molecule has 0 spiro atoms. The number of nitrogens with zero attached hydrogens (tertiary/aromatic N) is 5. The van der Waals surface area contributed by atoms with Crippen molar-refractivity contribution in [2.75, 3.05) is 49.7 Å². The summed E-state index contributed by atoms with van der Waals surface area (Å²) in [5.41, 5.74) is 7.23. The molecule has 3 N–H and O–H groups in total. The van der Waals surface area contributed by atoms with Crippen LogP contribution in [0.15, 0.2) is 6.20 Å². The van der Waals surface area contributed by atoms with E-state index in [9.17, 15) is 9.18 Å². The number of hydrogen-bond donors (Lipinski definition) is 2. The van der Waals surface area contributed by atoms with E-state index in [4.69, 9.17) is 22.1 Å². The maximum absolute atomic E-state index is 15.0. The van der Waals surface area contributed by atoms with Gasteiger partial charge in [0, 0.05) is 43.2 Å². The van der Waals surface area contributed by atoms with E-state index < -0.39 is 11.4 Å². The summed E-state index contributed by atoms with van der Waals surface area (Å²) in [5, 5.41) is 3.77. The lowest BCUT2D eigenvalue weighted by Gasteiger charge is -2.44. The van der Waals surface area contributed by atoms with Crippen LogP contribution in [0.5, 0.6) is 0 Å². The summed E-state index contributed by atoms with van der Waals surface area (Å²) < 4.78 is 20.6. The van der Waals surface area contributed by atoms with E-state index in [0.717, 1.165) is 19.5 Å². The van der Waals surface area contributed by atoms with Crippen LogP contribution in [-0.2, 0) is 4.74 Å². The first kappa shape index (κ1) is 23.2. The number of rotatable bonds is 4. The molecule has 3 unspecified atom stereocenters. The van der Waals surface area contributed by atoms with Crippen LogP contribution >= 0.6 is 11.6 Å². The maximum Gasteiger partial charge on any atom is 0.410 e. The van der Waals surface area contributed by atoms with Crippen LogP contribution in [0, 0.1) is 11.7 Å². The molecular formula is C23H31ClFN7O2. The number of likely N-dealkylation sites (N-methyl/N-ethyl adjacent to an activating group) is 1. The van der Waals surface area contributed by atoms with Crippen LogP contribution in [0.2, 0.25) is 5.15 Å². The van der Waals surface area contributed by atoms with Crippen molar-refractivity contribution in [1.29, 1.82) is 0 Å². The van der Waals surface area contributed by atoms with Crippen LogP contribution in [-0.4, -0.2) is 83.3 Å². The molecule has 184 valence electrons. The Morgan fingerprint density at radius 1 is 1.32 bits per heavy atom. The summed E-state index contributed by atoms with van der Waals surface area (Å²) in [4.78, 5) is 27.2. The Morgan fingerprint density at radius 2 is 2.03 bits per heavy atom. The molecule has 3 atom stereocenters. The summed E-state index contributed by atoms with van der Waals surface area (Å²) in [6.07, 6.45) is 2.08. The number of carbonyl (C=O) groups is 1. The quantitative estimate of drug-likeness (QED) is 0.629. The molecule has 4 fully saturated rings. The van der Waals surface area contributed by atoms with Crippen LogP contribution in [0.1, 0.15) is 27.2 Å². The van der Waals surface area contributed by atoms with Gasteiger partial charge in [0.2, 0.25) is 0 Å². The summed E-state index contributed by atoms with van der Waals surface area (Å²) in [6, 6.07) is 0.347. The lowest BCUT2D eigenvalue weighted by molar-refractivity contribution is 0.0239. The second-order valence-electron chi connectivity index (χ2n) is 10.7. The van der Waals surface area contributed by atoms with Crippen molar-refractivity contribution in [3.05, 3.63) is 17.2 Å². The normalized spacial score (nSPS) is 24.4. The zero-order valence-corrected chi connectivity index (χ0v) is 20.9. The van der Waals surface area contributed by atoms with Gasteiger partial charge in [0.1, 0.15) is 11.1 Å². The highest BCUT2D eigenvalue weighted by Gasteiger charge is 2.55. The van der Waals surface area contributed by atoms with Gasteiger partial charge in [0.25, 0.3) is 0 Å². The minimum absolute atomic E-state index is 0.0156. The maximum atomic E-state index is 15.0. The number of nitrogens with two attached hydrogens (primary N) is 1. The molecule has 6 rings (SSSR count). The monoisotopic (exact) mass is 491 g/mol. The van der Waals surface area contributed by atoms with Crippen LogP contribution in [0.25, 0.3) is 10.9 Å². The standard InChI is InChI=1S/C23H31ClFN7O2/c1-23(2,3)34-22(33)32-8-11-6-14(32)17(11)28-19-13-7-27-20(24)15(25)18(13)29-21(16(19)26)31-9-12(10-31)30(4)5/h7,11-12,14,17H,6,8-10,26H2,1-5H3,(H,28,29). The lowest BCUT2D eigenvalue weighted by atomic mass is 9.79. The van der Waals surface area contributed by atoms with Crippen molar-refractivity contribution in [2.45, 2.75) is 50.9 Å². The van der Waals surface area contributed by atoms with Gasteiger partial charge in [-0.2, -0.15) is 0 Å². The Bertz CT molecular complexity index is 1150. The van der Waals surface area contributed by atoms with E-state index in [0.29, 0.717) is 35.2 Å². The van der Waals surface area contributed by atoms with Gasteiger partial charge in [0.15, 0.2) is 16.8 Å². The van der Waals surface area contributed by atoms with E-state index in [1.165, 1.54) is 6.20 Å². The Morgan fingerprint density at radius 3 is 2.68 bits per heavy atom. The fraction of sp³-hybridized carbons (Fsp3) is 0.609. The SMILES string of the molecule is CN(C)C1CN(c2nc3c(F)c(Cl)ncc3c(NC3C4CC3N(C(=O)OC(C)(C)C)C4)c2N)C1. The number of halogens is 2. The zero-order valence-electron chi connectivity index (χ0n) is 20.1. The topological polar surface area (TPSA) is 99.9 Å².